The van der Waals surface area contributed by atoms with Crippen molar-refractivity contribution >= 4 is 19.9 Å². The molecule has 0 radical (unpaired) electrons. The van der Waals surface area contributed by atoms with Crippen molar-refractivity contribution in [3.63, 3.8) is 0 Å². The van der Waals surface area contributed by atoms with Crippen LogP contribution in [-0.4, -0.2) is 19.9 Å². The van der Waals surface area contributed by atoms with E-state index in [1.165, 1.54) is 109 Å². The molecule has 0 aromatic rings. The van der Waals surface area contributed by atoms with Crippen LogP contribution in [0.3, 0.4) is 0 Å². The Morgan fingerprint density at radius 2 is 0.821 bits per heavy atom. The lowest BCUT2D eigenvalue weighted by Crippen LogP contribution is -2.12. The molecule has 0 rings (SSSR count). The molecule has 0 amide bonds. The lowest BCUT2D eigenvalue weighted by Gasteiger charge is -2.12. The van der Waals surface area contributed by atoms with Crippen LogP contribution in [0, 0.1) is 0 Å². The Labute approximate surface area is 183 Å². The number of hydrogen-bond acceptors (Lipinski definition) is 1. The summed E-state index contributed by atoms with van der Waals surface area (Å²) in [6.45, 7) is 6.35. The third-order valence-electron chi connectivity index (χ3n) is 6.32. The number of unbranched alkanes of at least 4 members (excludes halogenated alkanes) is 15. The van der Waals surface area contributed by atoms with Gasteiger partial charge in [-0.3, -0.25) is 0 Å². The van der Waals surface area contributed by atoms with Crippen molar-refractivity contribution < 1.29 is 4.79 Å². The Morgan fingerprint density at radius 1 is 0.500 bits per heavy atom. The fourth-order valence-electron chi connectivity index (χ4n) is 4.37. The third kappa shape index (κ3) is 22.5. The molecule has 0 aromatic heterocycles. The topological polar surface area (TPSA) is 17.1 Å². The molecule has 0 spiro atoms. The first-order chi connectivity index (χ1) is 13.7. The fraction of sp³-hybridized carbons (Fsp3) is 0.962. The summed E-state index contributed by atoms with van der Waals surface area (Å²) in [7, 11) is 0. The molecule has 166 valence electrons. The van der Waals surface area contributed by atoms with Gasteiger partial charge in [0.1, 0.15) is 5.78 Å². The minimum Gasteiger partial charge on any atom is -0.300 e. The fourth-order valence-corrected chi connectivity index (χ4v) is 7.84. The van der Waals surface area contributed by atoms with Gasteiger partial charge in [0.2, 0.25) is 0 Å². The van der Waals surface area contributed by atoms with Gasteiger partial charge in [-0.25, -0.2) is 0 Å². The van der Waals surface area contributed by atoms with Crippen molar-refractivity contribution in [1.82, 2.24) is 0 Å². The van der Waals surface area contributed by atoms with E-state index in [0.717, 1.165) is 12.8 Å². The van der Waals surface area contributed by atoms with Gasteiger partial charge in [-0.2, -0.15) is 0 Å². The van der Waals surface area contributed by atoms with Gasteiger partial charge in [0.25, 0.3) is 14.1 Å². The van der Waals surface area contributed by atoms with Crippen molar-refractivity contribution in [3.8, 4) is 0 Å². The van der Waals surface area contributed by atoms with Crippen LogP contribution in [0.15, 0.2) is 0 Å². The summed E-state index contributed by atoms with van der Waals surface area (Å²) in [4.78, 5) is 11.0. The van der Waals surface area contributed by atoms with E-state index < -0.39 is 14.1 Å². The Hall–Kier alpha value is 0.202. The first kappa shape index (κ1) is 28.2. The number of carbonyl (C=O) groups excluding carboxylic acids is 1. The first-order valence-corrected chi connectivity index (χ1v) is 15.6. The van der Waals surface area contributed by atoms with Gasteiger partial charge in [0, 0.05) is 6.42 Å². The van der Waals surface area contributed by atoms with Gasteiger partial charge in [-0.05, 0) is 13.3 Å². The van der Waals surface area contributed by atoms with Gasteiger partial charge in [0.15, 0.2) is 0 Å². The van der Waals surface area contributed by atoms with Crippen molar-refractivity contribution in [3.05, 3.63) is 0 Å². The van der Waals surface area contributed by atoms with Gasteiger partial charge in [-0.1, -0.05) is 139 Å². The molecular formula is C26H53AlO. The maximum atomic E-state index is 11.0. The van der Waals surface area contributed by atoms with Crippen LogP contribution in [0.5, 0.6) is 0 Å². The molecule has 0 aliphatic carbocycles. The van der Waals surface area contributed by atoms with Gasteiger partial charge in [-0.15, -0.1) is 0 Å². The minimum absolute atomic E-state index is 0.359. The highest BCUT2D eigenvalue weighted by atomic mass is 27.2. The van der Waals surface area contributed by atoms with Gasteiger partial charge >= 0.3 is 0 Å². The number of ketones is 1. The molecule has 0 N–H and O–H groups in total. The predicted molar refractivity (Wildman–Crippen MR) is 130 cm³/mol. The zero-order chi connectivity index (χ0) is 20.7. The Morgan fingerprint density at radius 3 is 1.18 bits per heavy atom. The zero-order valence-electron chi connectivity index (χ0n) is 20.0. The molecule has 0 saturated heterocycles. The molecule has 2 heteroatoms. The molecule has 0 aliphatic heterocycles. The Kier molecular flexibility index (Phi) is 23.7. The first-order valence-electron chi connectivity index (χ1n) is 13.2. The van der Waals surface area contributed by atoms with Crippen molar-refractivity contribution in [1.29, 1.82) is 0 Å². The van der Waals surface area contributed by atoms with E-state index in [1.54, 1.807) is 22.8 Å². The maximum Gasteiger partial charge on any atom is 0.261 e. The van der Waals surface area contributed by atoms with Crippen LogP contribution in [0.2, 0.25) is 15.8 Å². The maximum absolute atomic E-state index is 11.0. The van der Waals surface area contributed by atoms with E-state index in [-0.39, 0.29) is 0 Å². The minimum atomic E-state index is -0.474. The lowest BCUT2D eigenvalue weighted by molar-refractivity contribution is -0.117. The molecule has 0 bridgehead atoms. The second-order valence-corrected chi connectivity index (χ2v) is 12.8. The average molecular weight is 409 g/mol. The van der Waals surface area contributed by atoms with Crippen molar-refractivity contribution in [2.75, 3.05) is 0 Å². The monoisotopic (exact) mass is 408 g/mol. The van der Waals surface area contributed by atoms with Crippen molar-refractivity contribution in [2.24, 2.45) is 0 Å². The number of hydrogen-bond donors (Lipinski definition) is 0. The van der Waals surface area contributed by atoms with E-state index >= 15 is 0 Å². The van der Waals surface area contributed by atoms with Crippen LogP contribution < -0.4 is 0 Å². The molecule has 0 unspecified atom stereocenters. The standard InChI is InChI=1S/C10H19O.2C8H17.Al/c1-3-4-5-6-7-8-9-10(2)11;2*1-3-5-7-8-6-4-2;/h1,3-9H2,2H3;2*1,3-8H2,2H3;. The third-order valence-corrected chi connectivity index (χ3v) is 10.00. The van der Waals surface area contributed by atoms with Crippen LogP contribution in [0.4, 0.5) is 0 Å². The molecule has 28 heavy (non-hydrogen) atoms. The highest BCUT2D eigenvalue weighted by Gasteiger charge is 2.15. The van der Waals surface area contributed by atoms with Gasteiger partial charge in [0.05, 0.1) is 0 Å². The number of Topliss-reactive ketones (excluding diaryl/α,β-unsaturated/α-hetero) is 1. The molecule has 1 nitrogen and oxygen atoms in total. The summed E-state index contributed by atoms with van der Waals surface area (Å²) in [5, 5.41) is 4.86. The van der Waals surface area contributed by atoms with E-state index in [2.05, 4.69) is 13.8 Å². The summed E-state index contributed by atoms with van der Waals surface area (Å²) in [6.07, 6.45) is 26.4. The molecular weight excluding hydrogens is 355 g/mol. The molecule has 0 saturated carbocycles. The number of carbonyl (C=O) groups is 1. The van der Waals surface area contributed by atoms with E-state index in [0.29, 0.717) is 5.78 Å². The normalized spacial score (nSPS) is 11.1. The van der Waals surface area contributed by atoms with Crippen LogP contribution in [-0.2, 0) is 4.79 Å². The highest BCUT2D eigenvalue weighted by Crippen LogP contribution is 2.20. The average Bonchev–Trinajstić information content (AvgIpc) is 2.68. The van der Waals surface area contributed by atoms with E-state index in [4.69, 9.17) is 0 Å². The summed E-state index contributed by atoms with van der Waals surface area (Å²) in [5.74, 6) is 0.359. The predicted octanol–water partition coefficient (Wildman–Crippen LogP) is 9.52. The quantitative estimate of drug-likeness (QED) is 0.121. The SMILES string of the molecule is CCCCCCC[CH2][Al]([CH2]CCCCCCC)[CH2]CCCCCCCC(C)=O. The summed E-state index contributed by atoms with van der Waals surface area (Å²) in [5.41, 5.74) is 0. The second-order valence-electron chi connectivity index (χ2n) is 9.34. The second kappa shape index (κ2) is 23.5. The molecule has 0 atom stereocenters. The van der Waals surface area contributed by atoms with Crippen LogP contribution >= 0.6 is 0 Å². The Bertz CT molecular complexity index is 300. The van der Waals surface area contributed by atoms with Crippen molar-refractivity contribution in [2.45, 2.75) is 159 Å². The van der Waals surface area contributed by atoms with E-state index in [1.807, 2.05) is 0 Å². The smallest absolute Gasteiger partial charge is 0.261 e. The van der Waals surface area contributed by atoms with Crippen LogP contribution in [0.1, 0.15) is 143 Å². The molecule has 0 heterocycles. The van der Waals surface area contributed by atoms with Gasteiger partial charge < -0.3 is 4.79 Å². The lowest BCUT2D eigenvalue weighted by atomic mass is 10.1. The molecule has 0 aromatic carbocycles. The summed E-state index contributed by atoms with van der Waals surface area (Å²) in [6, 6.07) is 0. The zero-order valence-corrected chi connectivity index (χ0v) is 21.2. The van der Waals surface area contributed by atoms with E-state index in [9.17, 15) is 4.79 Å². The summed E-state index contributed by atoms with van der Waals surface area (Å²) >= 11 is -0.474. The highest BCUT2D eigenvalue weighted by molar-refractivity contribution is 6.58. The molecule has 0 aliphatic rings. The largest absolute Gasteiger partial charge is 0.300 e. The number of rotatable bonds is 23. The Balaban J connectivity index is 3.80. The summed E-state index contributed by atoms with van der Waals surface area (Å²) < 4.78 is 0. The molecule has 0 fully saturated rings. The van der Waals surface area contributed by atoms with Crippen LogP contribution in [0.25, 0.3) is 0 Å².